The monoisotopic (exact) mass is 1180 g/mol. The largest absolute Gasteiger partial charge is 0.489 e. The van der Waals surface area contributed by atoms with Gasteiger partial charge in [-0.2, -0.15) is 52.7 Å². The Balaban J connectivity index is 0.000000200. The number of methoxy groups -OCH3 is 1. The number of hydrogen-bond acceptors (Lipinski definition) is 9. The maximum Gasteiger partial charge on any atom is 0.416 e. The van der Waals surface area contributed by atoms with Crippen molar-refractivity contribution in [2.75, 3.05) is 70.4 Å². The first kappa shape index (κ1) is 61.7. The minimum Gasteiger partial charge on any atom is -0.489 e. The Hall–Kier alpha value is -5.90. The molecule has 4 fully saturated rings. The number of aliphatic carboxylic acids is 1. The molecule has 0 bridgehead atoms. The van der Waals surface area contributed by atoms with Crippen molar-refractivity contribution >= 4 is 23.3 Å². The van der Waals surface area contributed by atoms with Gasteiger partial charge in [0.2, 0.25) is 0 Å². The number of nitrogens with zero attached hydrogens (tertiary/aromatic N) is 4. The van der Waals surface area contributed by atoms with Gasteiger partial charge in [-0.05, 0) is 196 Å². The number of piperidine rings is 2. The first-order valence-corrected chi connectivity index (χ1v) is 28.3. The lowest BCUT2D eigenvalue weighted by molar-refractivity contribution is -0.146. The first-order chi connectivity index (χ1) is 39.0. The highest BCUT2D eigenvalue weighted by Crippen LogP contribution is 2.51. The van der Waals surface area contributed by atoms with E-state index in [9.17, 15) is 67.4 Å². The molecule has 0 unspecified atom stereocenters. The summed E-state index contributed by atoms with van der Waals surface area (Å²) in [7, 11) is 5.39. The van der Waals surface area contributed by atoms with Gasteiger partial charge in [-0.15, -0.1) is 0 Å². The molecule has 10 rings (SSSR count). The Kier molecular flexibility index (Phi) is 18.0. The number of rotatable bonds is 14. The summed E-state index contributed by atoms with van der Waals surface area (Å²) in [4.78, 5) is 32.1. The number of fused-ring (bicyclic) bond motifs is 2. The third-order valence-corrected chi connectivity index (χ3v) is 18.2. The number of ether oxygens (including phenoxy) is 3. The number of carbonyl (C=O) groups excluding carboxylic acids is 1. The van der Waals surface area contributed by atoms with Crippen LogP contribution in [-0.4, -0.2) is 99.5 Å². The van der Waals surface area contributed by atoms with Gasteiger partial charge in [-0.25, -0.2) is 0 Å². The quantitative estimate of drug-likeness (QED) is 0.0972. The standard InChI is InChI=1S/C31H36F6N2O3.C30H34F6N2O3/c1-18(29(40)41-3)28(20-4-5-20)21-6-9-27-25(15-21)38(2)26(17-42-27)19-10-12-39(13-11-19)16-22-14-23(30(32,33)34)7-8-24(22)31(35,36)37;1-17(28(39)40)27(19-3-4-19)20-5-8-26-24(14-20)37(2)25(16-41-26)18-9-11-38(12-10-18)15-21-13-22(29(31,32)33)6-7-23(21)30(34,35)36/h6-9,14-15,18-20,26,28H,4-5,10-13,16-17H2,1-3H3;5-8,13-14,17-19,25,27H,3-4,9-12,15-16H2,1-2H3,(H,39,40)/t18-,26-,28-;17-,25-,27+/m00/s1. The molecule has 6 aliphatic rings. The molecule has 6 atom stereocenters. The normalized spacial score (nSPS) is 22.0. The summed E-state index contributed by atoms with van der Waals surface area (Å²) in [6.45, 7) is 5.99. The lowest BCUT2D eigenvalue weighted by Crippen LogP contribution is -2.49. The minimum absolute atomic E-state index is 0.00969. The zero-order chi connectivity index (χ0) is 60.1. The van der Waals surface area contributed by atoms with Crippen LogP contribution >= 0.6 is 0 Å². The van der Waals surface area contributed by atoms with Gasteiger partial charge in [-0.1, -0.05) is 26.0 Å². The van der Waals surface area contributed by atoms with Gasteiger partial charge in [-0.3, -0.25) is 19.4 Å². The van der Waals surface area contributed by atoms with Crippen LogP contribution in [0.15, 0.2) is 72.8 Å². The van der Waals surface area contributed by atoms with Crippen LogP contribution in [0.4, 0.5) is 64.1 Å². The second-order valence-electron chi connectivity index (χ2n) is 23.6. The number of alkyl halides is 12. The van der Waals surface area contributed by atoms with E-state index < -0.39 is 58.8 Å². The second kappa shape index (κ2) is 24.2. The zero-order valence-corrected chi connectivity index (χ0v) is 46.8. The summed E-state index contributed by atoms with van der Waals surface area (Å²) in [6.07, 6.45) is -12.1. The average Bonchev–Trinajstić information content (AvgIpc) is 4.56. The summed E-state index contributed by atoms with van der Waals surface area (Å²) in [5.41, 5.74) is -1.09. The number of anilines is 2. The lowest BCUT2D eigenvalue weighted by atomic mass is 9.82. The first-order valence-electron chi connectivity index (χ1n) is 28.3. The molecule has 4 aliphatic heterocycles. The highest BCUT2D eigenvalue weighted by Gasteiger charge is 2.44. The predicted molar refractivity (Wildman–Crippen MR) is 286 cm³/mol. The van der Waals surface area contributed by atoms with E-state index in [1.54, 1.807) is 16.7 Å². The fourth-order valence-electron chi connectivity index (χ4n) is 13.3. The molecule has 4 aromatic rings. The van der Waals surface area contributed by atoms with Crippen molar-refractivity contribution in [1.29, 1.82) is 0 Å². The molecule has 2 aliphatic carbocycles. The fourth-order valence-corrected chi connectivity index (χ4v) is 13.3. The number of likely N-dealkylation sites (N-methyl/N-ethyl adjacent to an activating group) is 2. The molecule has 83 heavy (non-hydrogen) atoms. The number of esters is 1. The minimum atomic E-state index is -4.74. The maximum atomic E-state index is 13.6. The third-order valence-electron chi connectivity index (χ3n) is 18.2. The molecule has 22 heteroatoms. The van der Waals surface area contributed by atoms with E-state index in [0.29, 0.717) is 113 Å². The summed E-state index contributed by atoms with van der Waals surface area (Å²) in [5, 5.41) is 9.67. The molecule has 0 spiro atoms. The summed E-state index contributed by atoms with van der Waals surface area (Å²) in [6, 6.07) is 15.3. The van der Waals surface area contributed by atoms with Gasteiger partial charge in [0.15, 0.2) is 0 Å². The van der Waals surface area contributed by atoms with Gasteiger partial charge >= 0.3 is 36.6 Å². The Morgan fingerprint density at radius 2 is 0.916 bits per heavy atom. The number of carboxylic acid groups (broad SMARTS) is 1. The van der Waals surface area contributed by atoms with E-state index in [0.717, 1.165) is 59.7 Å². The molecule has 10 nitrogen and oxygen atoms in total. The van der Waals surface area contributed by atoms with E-state index in [4.69, 9.17) is 14.2 Å². The Morgan fingerprint density at radius 3 is 1.24 bits per heavy atom. The molecule has 4 aromatic carbocycles. The topological polar surface area (TPSA) is 95.0 Å². The van der Waals surface area contributed by atoms with Crippen LogP contribution in [-0.2, 0) is 52.1 Å². The molecule has 0 radical (unpaired) electrons. The van der Waals surface area contributed by atoms with E-state index in [-0.39, 0.29) is 71.9 Å². The van der Waals surface area contributed by atoms with Crippen LogP contribution < -0.4 is 19.3 Å². The van der Waals surface area contributed by atoms with Crippen molar-refractivity contribution in [2.24, 2.45) is 35.5 Å². The van der Waals surface area contributed by atoms with Gasteiger partial charge < -0.3 is 29.1 Å². The van der Waals surface area contributed by atoms with Crippen LogP contribution in [0, 0.1) is 35.5 Å². The van der Waals surface area contributed by atoms with Crippen molar-refractivity contribution in [3.8, 4) is 11.5 Å². The van der Waals surface area contributed by atoms with Crippen LogP contribution in [0.3, 0.4) is 0 Å². The summed E-state index contributed by atoms with van der Waals surface area (Å²) >= 11 is 0. The average molecular weight is 1180 g/mol. The Labute approximate surface area is 475 Å². The van der Waals surface area contributed by atoms with Crippen molar-refractivity contribution in [2.45, 2.75) is 127 Å². The molecular weight excluding hydrogens is 1110 g/mol. The lowest BCUT2D eigenvalue weighted by Gasteiger charge is -2.43. The van der Waals surface area contributed by atoms with Gasteiger partial charge in [0.1, 0.15) is 24.7 Å². The molecular formula is C61H70F12N4O6. The van der Waals surface area contributed by atoms with Gasteiger partial charge in [0, 0.05) is 27.2 Å². The molecule has 2 saturated carbocycles. The highest BCUT2D eigenvalue weighted by atomic mass is 19.4. The van der Waals surface area contributed by atoms with Crippen molar-refractivity contribution in [3.05, 3.63) is 117 Å². The highest BCUT2D eigenvalue weighted by molar-refractivity contribution is 5.74. The molecule has 1 N–H and O–H groups in total. The number of hydrogen-bond donors (Lipinski definition) is 1. The number of carboxylic acids is 1. The number of halogens is 12. The summed E-state index contributed by atoms with van der Waals surface area (Å²) < 4.78 is 178. The zero-order valence-electron chi connectivity index (χ0n) is 46.8. The van der Waals surface area contributed by atoms with E-state index in [2.05, 4.69) is 15.9 Å². The van der Waals surface area contributed by atoms with Gasteiger partial charge in [0.05, 0.1) is 64.7 Å². The van der Waals surface area contributed by atoms with Crippen molar-refractivity contribution < 1.29 is 81.6 Å². The SMILES string of the molecule is COC(=O)[C@@H](C)[C@H](c1ccc2c(c1)N(C)[C@H](C1CCN(Cc3cc(C(F)(F)F)ccc3C(F)(F)F)CC1)CO2)C1CC1.C[C@H](C(=O)O)[C@@H](c1ccc2c(c1)N(C)[C@H](C1CCN(Cc3cc(C(F)(F)F)ccc3C(F)(F)F)CC1)CO2)C1CC1. The second-order valence-corrected chi connectivity index (χ2v) is 23.6. The van der Waals surface area contributed by atoms with E-state index >= 15 is 0 Å². The Bertz CT molecular complexity index is 2940. The van der Waals surface area contributed by atoms with Crippen molar-refractivity contribution in [1.82, 2.24) is 9.80 Å². The maximum absolute atomic E-state index is 13.6. The van der Waals surface area contributed by atoms with E-state index in [1.807, 2.05) is 51.4 Å². The number of carbonyl (C=O) groups is 2. The van der Waals surface area contributed by atoms with Crippen molar-refractivity contribution in [3.63, 3.8) is 0 Å². The molecule has 0 amide bonds. The Morgan fingerprint density at radius 1 is 0.542 bits per heavy atom. The molecule has 0 aromatic heterocycles. The van der Waals surface area contributed by atoms with Crippen LogP contribution in [0.25, 0.3) is 0 Å². The van der Waals surface area contributed by atoms with Gasteiger partial charge in [0.25, 0.3) is 0 Å². The number of likely N-dealkylation sites (tertiary alicyclic amines) is 2. The van der Waals surface area contributed by atoms with Crippen LogP contribution in [0.5, 0.6) is 11.5 Å². The molecule has 454 valence electrons. The summed E-state index contributed by atoms with van der Waals surface area (Å²) in [5.74, 6) is 0.790. The number of benzene rings is 4. The van der Waals surface area contributed by atoms with Crippen LogP contribution in [0.2, 0.25) is 0 Å². The van der Waals surface area contributed by atoms with Crippen LogP contribution in [0.1, 0.15) is 122 Å². The fraction of sp³-hybridized carbons (Fsp3) is 0.574. The predicted octanol–water partition coefficient (Wildman–Crippen LogP) is 14.2. The molecule has 4 heterocycles. The third kappa shape index (κ3) is 14.1. The van der Waals surface area contributed by atoms with E-state index in [1.165, 1.54) is 7.11 Å². The molecule has 2 saturated heterocycles. The smallest absolute Gasteiger partial charge is 0.416 e.